The van der Waals surface area contributed by atoms with E-state index < -0.39 is 73.9 Å². The fourth-order valence-electron chi connectivity index (χ4n) is 5.22. The van der Waals surface area contributed by atoms with Gasteiger partial charge in [-0.15, -0.1) is 0 Å². The zero-order chi connectivity index (χ0) is 34.2. The molecule has 2 rings (SSSR count). The maximum absolute atomic E-state index is 12.4. The molecule has 2 saturated heterocycles. The van der Waals surface area contributed by atoms with Gasteiger partial charge < -0.3 is 65.3 Å². The molecule has 2 fully saturated rings. The summed E-state index contributed by atoms with van der Waals surface area (Å²) in [6.07, 6.45) is -6.54. The zero-order valence-corrected chi connectivity index (χ0v) is 26.7. The highest BCUT2D eigenvalue weighted by atomic mass is 16.7. The van der Waals surface area contributed by atoms with Gasteiger partial charge in [0.25, 0.3) is 0 Å². The summed E-state index contributed by atoms with van der Waals surface area (Å²) < 4.78 is 21.6. The lowest BCUT2D eigenvalue weighted by Gasteiger charge is -2.40. The summed E-state index contributed by atoms with van der Waals surface area (Å²) in [6.45, 7) is 2.87. The lowest BCUT2D eigenvalue weighted by Crippen LogP contribution is -2.59. The number of amides is 2. The van der Waals surface area contributed by atoms with Gasteiger partial charge in [-0.05, 0) is 51.9 Å². The second kappa shape index (κ2) is 21.2. The number of unbranched alkanes of at least 4 members (excludes halogenated alkanes) is 3. The number of Topliss-reactive ketones (excluding diaryl/α,β-unsaturated/α-hetero) is 1. The van der Waals surface area contributed by atoms with Gasteiger partial charge in [0.05, 0.1) is 25.4 Å². The van der Waals surface area contributed by atoms with E-state index in [4.69, 9.17) is 18.9 Å². The molecule has 268 valence electrons. The number of nitrogens with one attached hydrogen (secondary N) is 2. The third-order valence-corrected chi connectivity index (χ3v) is 8.30. The standard InChI is InChI=1S/C30H54N2O14/c1-17-24(38)20(15-33)45-29(25(17)39)43-13-7-4-10-22(36)31-12-6-3-9-19(18(2)35)32-23(37)11-5-8-14-44-30-28(42)27(41)26(40)21(16-34)46-30/h17,19-21,24-30,33-34,38-42H,3-16H2,1-2H3,(H,31,36)(H,32,37)/t17?,19-,20?,21?,24?,25?,26?,27?,28?,29?,30?/m1/s1. The topological polar surface area (TPSA) is 254 Å². The molecule has 46 heavy (non-hydrogen) atoms. The molecule has 0 aromatic carbocycles. The van der Waals surface area contributed by atoms with Gasteiger partial charge in [-0.3, -0.25) is 14.4 Å². The van der Waals surface area contributed by atoms with Crippen LogP contribution in [0.15, 0.2) is 0 Å². The van der Waals surface area contributed by atoms with Crippen molar-refractivity contribution in [3.8, 4) is 0 Å². The van der Waals surface area contributed by atoms with Crippen molar-refractivity contribution in [1.82, 2.24) is 10.6 Å². The molecule has 2 heterocycles. The predicted octanol–water partition coefficient (Wildman–Crippen LogP) is -2.40. The molecule has 0 aromatic rings. The molecule has 0 spiro atoms. The first kappa shape index (κ1) is 40.3. The Morgan fingerprint density at radius 3 is 1.80 bits per heavy atom. The van der Waals surface area contributed by atoms with Crippen molar-refractivity contribution in [3.63, 3.8) is 0 Å². The minimum Gasteiger partial charge on any atom is -0.394 e. The highest BCUT2D eigenvalue weighted by molar-refractivity contribution is 5.87. The molecular formula is C30H54N2O14. The fourth-order valence-corrected chi connectivity index (χ4v) is 5.22. The highest BCUT2D eigenvalue weighted by Gasteiger charge is 2.44. The average molecular weight is 667 g/mol. The summed E-state index contributed by atoms with van der Waals surface area (Å²) in [4.78, 5) is 36.5. The second-order valence-corrected chi connectivity index (χ2v) is 12.0. The second-order valence-electron chi connectivity index (χ2n) is 12.0. The molecule has 2 amide bonds. The minimum atomic E-state index is -1.53. The van der Waals surface area contributed by atoms with Crippen LogP contribution in [0.5, 0.6) is 0 Å². The molecule has 9 N–H and O–H groups in total. The average Bonchev–Trinajstić information content (AvgIpc) is 3.03. The first-order chi connectivity index (χ1) is 21.9. The molecule has 0 bridgehead atoms. The molecular weight excluding hydrogens is 612 g/mol. The third kappa shape index (κ3) is 13.0. The van der Waals surface area contributed by atoms with Gasteiger partial charge in [-0.25, -0.2) is 0 Å². The normalized spacial score (nSPS) is 32.1. The van der Waals surface area contributed by atoms with E-state index in [0.717, 1.165) is 0 Å². The predicted molar refractivity (Wildman–Crippen MR) is 160 cm³/mol. The molecule has 2 aliphatic heterocycles. The summed E-state index contributed by atoms with van der Waals surface area (Å²) in [5.41, 5.74) is 0. The summed E-state index contributed by atoms with van der Waals surface area (Å²) in [7, 11) is 0. The largest absolute Gasteiger partial charge is 0.394 e. The van der Waals surface area contributed by atoms with E-state index in [9.17, 15) is 50.1 Å². The van der Waals surface area contributed by atoms with Gasteiger partial charge in [-0.1, -0.05) is 6.92 Å². The Bertz CT molecular complexity index is 909. The van der Waals surface area contributed by atoms with Crippen LogP contribution in [0.1, 0.15) is 71.6 Å². The van der Waals surface area contributed by atoms with Crippen LogP contribution in [0.4, 0.5) is 0 Å². The fraction of sp³-hybridized carbons (Fsp3) is 0.900. The summed E-state index contributed by atoms with van der Waals surface area (Å²) in [5, 5.41) is 73.9. The van der Waals surface area contributed by atoms with Crippen molar-refractivity contribution in [2.45, 2.75) is 133 Å². The van der Waals surface area contributed by atoms with Crippen LogP contribution in [0, 0.1) is 5.92 Å². The number of aliphatic hydroxyl groups excluding tert-OH is 7. The maximum atomic E-state index is 12.4. The summed E-state index contributed by atoms with van der Waals surface area (Å²) in [6, 6.07) is -0.640. The minimum absolute atomic E-state index is 0.0993. The van der Waals surface area contributed by atoms with E-state index in [-0.39, 0.29) is 50.3 Å². The van der Waals surface area contributed by atoms with Crippen LogP contribution in [0.3, 0.4) is 0 Å². The van der Waals surface area contributed by atoms with Gasteiger partial charge >= 0.3 is 0 Å². The molecule has 0 radical (unpaired) electrons. The monoisotopic (exact) mass is 666 g/mol. The van der Waals surface area contributed by atoms with E-state index in [2.05, 4.69) is 10.6 Å². The Morgan fingerprint density at radius 1 is 0.696 bits per heavy atom. The van der Waals surface area contributed by atoms with Crippen LogP contribution in [-0.2, 0) is 33.3 Å². The number of hydrogen-bond donors (Lipinski definition) is 9. The quantitative estimate of drug-likeness (QED) is 0.0579. The van der Waals surface area contributed by atoms with E-state index in [1.807, 2.05) is 0 Å². The van der Waals surface area contributed by atoms with Gasteiger partial charge in [0.15, 0.2) is 18.4 Å². The lowest BCUT2D eigenvalue weighted by molar-refractivity contribution is -0.301. The Kier molecular flexibility index (Phi) is 18.6. The molecule has 11 atom stereocenters. The smallest absolute Gasteiger partial charge is 0.220 e. The molecule has 0 aliphatic carbocycles. The van der Waals surface area contributed by atoms with Crippen LogP contribution in [0.25, 0.3) is 0 Å². The number of ketones is 1. The number of ether oxygens (including phenoxy) is 4. The number of aliphatic hydroxyl groups is 7. The molecule has 2 aliphatic rings. The summed E-state index contributed by atoms with van der Waals surface area (Å²) in [5.74, 6) is -1.11. The van der Waals surface area contributed by atoms with Crippen molar-refractivity contribution in [1.29, 1.82) is 0 Å². The molecule has 0 saturated carbocycles. The number of hydrogen-bond acceptors (Lipinski definition) is 14. The summed E-state index contributed by atoms with van der Waals surface area (Å²) >= 11 is 0. The Balaban J connectivity index is 1.52. The van der Waals surface area contributed by atoms with Crippen molar-refractivity contribution in [2.24, 2.45) is 5.92 Å². The van der Waals surface area contributed by atoms with Crippen LogP contribution < -0.4 is 10.6 Å². The number of carbonyl (C=O) groups is 3. The Hall–Kier alpha value is -1.83. The van der Waals surface area contributed by atoms with Crippen molar-refractivity contribution in [2.75, 3.05) is 33.0 Å². The van der Waals surface area contributed by atoms with Crippen molar-refractivity contribution in [3.05, 3.63) is 0 Å². The van der Waals surface area contributed by atoms with Gasteiger partial charge in [0.2, 0.25) is 11.8 Å². The van der Waals surface area contributed by atoms with E-state index in [1.54, 1.807) is 6.92 Å². The third-order valence-electron chi connectivity index (χ3n) is 8.30. The van der Waals surface area contributed by atoms with E-state index in [0.29, 0.717) is 51.5 Å². The van der Waals surface area contributed by atoms with Crippen LogP contribution in [-0.4, -0.2) is 148 Å². The Labute approximate surface area is 269 Å². The van der Waals surface area contributed by atoms with E-state index >= 15 is 0 Å². The van der Waals surface area contributed by atoms with Gasteiger partial charge in [0, 0.05) is 38.5 Å². The van der Waals surface area contributed by atoms with Crippen molar-refractivity contribution < 1.29 is 69.1 Å². The zero-order valence-electron chi connectivity index (χ0n) is 26.7. The maximum Gasteiger partial charge on any atom is 0.220 e. The van der Waals surface area contributed by atoms with Crippen LogP contribution in [0.2, 0.25) is 0 Å². The molecule has 10 unspecified atom stereocenters. The lowest BCUT2D eigenvalue weighted by atomic mass is 9.91. The van der Waals surface area contributed by atoms with Gasteiger partial charge in [0.1, 0.15) is 36.6 Å². The number of rotatable bonds is 21. The first-order valence-corrected chi connectivity index (χ1v) is 16.1. The molecule has 0 aromatic heterocycles. The SMILES string of the molecule is CC(=O)[C@@H](CCCCNC(=O)CCCCOC1OC(CO)C(O)C(C)C1O)NC(=O)CCCCOC1OC(CO)C(O)C(O)C1O. The van der Waals surface area contributed by atoms with Crippen molar-refractivity contribution >= 4 is 17.6 Å². The first-order valence-electron chi connectivity index (χ1n) is 16.1. The Morgan fingerprint density at radius 2 is 1.24 bits per heavy atom. The van der Waals surface area contributed by atoms with Crippen LogP contribution >= 0.6 is 0 Å². The molecule has 16 heteroatoms. The highest BCUT2D eigenvalue weighted by Crippen LogP contribution is 2.27. The van der Waals surface area contributed by atoms with Gasteiger partial charge in [-0.2, -0.15) is 0 Å². The molecule has 16 nitrogen and oxygen atoms in total. The number of carbonyl (C=O) groups excluding carboxylic acids is 3. The van der Waals surface area contributed by atoms with E-state index in [1.165, 1.54) is 6.92 Å².